The predicted molar refractivity (Wildman–Crippen MR) is 94.3 cm³/mol. The van der Waals surface area contributed by atoms with Crippen molar-refractivity contribution in [3.63, 3.8) is 0 Å². The Morgan fingerprint density at radius 3 is 3.00 bits per heavy atom. The zero-order valence-corrected chi connectivity index (χ0v) is 14.6. The average molecular weight is 342 g/mol. The first-order valence-corrected chi connectivity index (χ1v) is 9.33. The van der Waals surface area contributed by atoms with E-state index in [-0.39, 0.29) is 11.9 Å². The van der Waals surface area contributed by atoms with E-state index in [1.165, 1.54) is 32.4 Å². The Hall–Kier alpha value is -2.15. The number of aromatic nitrogens is 4. The average Bonchev–Trinajstić information content (AvgIpc) is 3.30. The zero-order valence-electron chi connectivity index (χ0n) is 14.6. The largest absolute Gasteiger partial charge is 0.347 e. The molecule has 2 aromatic heterocycles. The molecular weight excluding hydrogens is 316 g/mol. The Bertz CT molecular complexity index is 715. The molecule has 0 spiro atoms. The van der Waals surface area contributed by atoms with Gasteiger partial charge in [-0.25, -0.2) is 4.98 Å². The summed E-state index contributed by atoms with van der Waals surface area (Å²) in [7, 11) is 0. The van der Waals surface area contributed by atoms with E-state index in [9.17, 15) is 4.79 Å². The molecule has 0 saturated carbocycles. The van der Waals surface area contributed by atoms with Crippen LogP contribution in [0.4, 0.5) is 0 Å². The number of nitrogens with zero attached hydrogens (tertiary/aromatic N) is 5. The number of hydrogen-bond acceptors (Lipinski definition) is 4. The van der Waals surface area contributed by atoms with E-state index in [0.717, 1.165) is 38.3 Å². The standard InChI is InChI=1S/C18H26N6O/c25-18(21-16-4-5-17-19-6-9-23(17)14-16)15-12-20-24(13-15)11-10-22-7-2-1-3-8-22/h6,9,12-13,16H,1-5,7-8,10-11,14H2,(H,21,25). The van der Waals surface area contributed by atoms with Crippen LogP contribution in [0.5, 0.6) is 0 Å². The van der Waals surface area contributed by atoms with Gasteiger partial charge in [-0.2, -0.15) is 5.10 Å². The minimum atomic E-state index is -0.0298. The highest BCUT2D eigenvalue weighted by Crippen LogP contribution is 2.14. The van der Waals surface area contributed by atoms with E-state index in [0.29, 0.717) is 5.56 Å². The molecule has 0 radical (unpaired) electrons. The summed E-state index contributed by atoms with van der Waals surface area (Å²) in [6, 6.07) is 0.158. The van der Waals surface area contributed by atoms with Crippen molar-refractivity contribution in [2.75, 3.05) is 19.6 Å². The van der Waals surface area contributed by atoms with Gasteiger partial charge in [0.2, 0.25) is 0 Å². The molecule has 25 heavy (non-hydrogen) atoms. The first-order chi connectivity index (χ1) is 12.3. The van der Waals surface area contributed by atoms with Crippen molar-refractivity contribution in [2.45, 2.75) is 51.2 Å². The second-order valence-corrected chi connectivity index (χ2v) is 7.10. The van der Waals surface area contributed by atoms with Crippen LogP contribution in [-0.2, 0) is 19.5 Å². The third-order valence-corrected chi connectivity index (χ3v) is 5.26. The Kier molecular flexibility index (Phi) is 4.83. The fraction of sp³-hybridized carbons (Fsp3) is 0.611. The molecule has 4 rings (SSSR count). The minimum absolute atomic E-state index is 0.0298. The smallest absolute Gasteiger partial charge is 0.254 e. The summed E-state index contributed by atoms with van der Waals surface area (Å²) in [5.41, 5.74) is 0.648. The zero-order chi connectivity index (χ0) is 17.1. The molecule has 134 valence electrons. The molecule has 1 amide bonds. The number of amides is 1. The summed E-state index contributed by atoms with van der Waals surface area (Å²) in [6.07, 6.45) is 13.1. The Balaban J connectivity index is 1.28. The number of imidazole rings is 1. The van der Waals surface area contributed by atoms with E-state index in [4.69, 9.17) is 0 Å². The van der Waals surface area contributed by atoms with Crippen LogP contribution < -0.4 is 5.32 Å². The Morgan fingerprint density at radius 2 is 2.12 bits per heavy atom. The molecule has 2 aromatic rings. The fourth-order valence-electron chi connectivity index (χ4n) is 3.78. The van der Waals surface area contributed by atoms with E-state index >= 15 is 0 Å². The monoisotopic (exact) mass is 342 g/mol. The van der Waals surface area contributed by atoms with Gasteiger partial charge in [-0.15, -0.1) is 0 Å². The van der Waals surface area contributed by atoms with E-state index in [2.05, 4.69) is 24.9 Å². The first-order valence-electron chi connectivity index (χ1n) is 9.33. The van der Waals surface area contributed by atoms with Crippen LogP contribution >= 0.6 is 0 Å². The molecule has 2 aliphatic rings. The van der Waals surface area contributed by atoms with Crippen LogP contribution in [0.3, 0.4) is 0 Å². The van der Waals surface area contributed by atoms with Crippen molar-refractivity contribution in [3.05, 3.63) is 36.2 Å². The van der Waals surface area contributed by atoms with Gasteiger partial charge in [0.15, 0.2) is 0 Å². The molecule has 0 aromatic carbocycles. The molecule has 1 unspecified atom stereocenters. The van der Waals surface area contributed by atoms with Crippen LogP contribution in [-0.4, -0.2) is 55.8 Å². The summed E-state index contributed by atoms with van der Waals surface area (Å²) >= 11 is 0. The van der Waals surface area contributed by atoms with Crippen LogP contribution in [0.2, 0.25) is 0 Å². The van der Waals surface area contributed by atoms with Crippen molar-refractivity contribution < 1.29 is 4.79 Å². The summed E-state index contributed by atoms with van der Waals surface area (Å²) < 4.78 is 4.01. The van der Waals surface area contributed by atoms with Crippen molar-refractivity contribution in [1.29, 1.82) is 0 Å². The maximum Gasteiger partial charge on any atom is 0.254 e. The van der Waals surface area contributed by atoms with Gasteiger partial charge in [0, 0.05) is 44.1 Å². The number of aryl methyl sites for hydroxylation is 1. The van der Waals surface area contributed by atoms with Crippen molar-refractivity contribution in [3.8, 4) is 0 Å². The molecule has 1 N–H and O–H groups in total. The van der Waals surface area contributed by atoms with Crippen LogP contribution in [0, 0.1) is 0 Å². The summed E-state index contributed by atoms with van der Waals surface area (Å²) in [5.74, 6) is 1.08. The van der Waals surface area contributed by atoms with E-state index in [1.54, 1.807) is 6.20 Å². The lowest BCUT2D eigenvalue weighted by molar-refractivity contribution is 0.0927. The molecule has 2 aliphatic heterocycles. The number of fused-ring (bicyclic) bond motifs is 1. The molecular formula is C18H26N6O. The number of rotatable bonds is 5. The second kappa shape index (κ2) is 7.39. The van der Waals surface area contributed by atoms with Crippen LogP contribution in [0.25, 0.3) is 0 Å². The Morgan fingerprint density at radius 1 is 1.24 bits per heavy atom. The SMILES string of the molecule is O=C(NC1CCc2nccn2C1)c1cnn(CCN2CCCCC2)c1. The highest BCUT2D eigenvalue weighted by Gasteiger charge is 2.21. The molecule has 1 saturated heterocycles. The fourth-order valence-corrected chi connectivity index (χ4v) is 3.78. The second-order valence-electron chi connectivity index (χ2n) is 7.10. The van der Waals surface area contributed by atoms with Gasteiger partial charge >= 0.3 is 0 Å². The minimum Gasteiger partial charge on any atom is -0.347 e. The van der Waals surface area contributed by atoms with Gasteiger partial charge in [0.1, 0.15) is 5.82 Å². The Labute approximate surface area is 148 Å². The molecule has 7 heteroatoms. The van der Waals surface area contributed by atoms with Crippen molar-refractivity contribution in [2.24, 2.45) is 0 Å². The van der Waals surface area contributed by atoms with Gasteiger partial charge in [-0.1, -0.05) is 6.42 Å². The molecule has 7 nitrogen and oxygen atoms in total. The maximum absolute atomic E-state index is 12.5. The molecule has 4 heterocycles. The predicted octanol–water partition coefficient (Wildman–Crippen LogP) is 1.31. The van der Waals surface area contributed by atoms with Gasteiger partial charge < -0.3 is 14.8 Å². The van der Waals surface area contributed by atoms with E-state index in [1.807, 2.05) is 23.3 Å². The number of likely N-dealkylation sites (tertiary alicyclic amines) is 1. The van der Waals surface area contributed by atoms with Crippen molar-refractivity contribution >= 4 is 5.91 Å². The highest BCUT2D eigenvalue weighted by atomic mass is 16.1. The number of hydrogen-bond donors (Lipinski definition) is 1. The lowest BCUT2D eigenvalue weighted by Crippen LogP contribution is -2.40. The van der Waals surface area contributed by atoms with Gasteiger partial charge in [0.05, 0.1) is 18.3 Å². The summed E-state index contributed by atoms with van der Waals surface area (Å²) in [5, 5.41) is 7.49. The van der Waals surface area contributed by atoms with E-state index < -0.39 is 0 Å². The van der Waals surface area contributed by atoms with Gasteiger partial charge in [-0.3, -0.25) is 9.48 Å². The first kappa shape index (κ1) is 16.3. The topological polar surface area (TPSA) is 68.0 Å². The quantitative estimate of drug-likeness (QED) is 0.890. The number of nitrogens with one attached hydrogen (secondary N) is 1. The third-order valence-electron chi connectivity index (χ3n) is 5.26. The normalized spacial score (nSPS) is 21.0. The van der Waals surface area contributed by atoms with Crippen LogP contribution in [0.1, 0.15) is 41.9 Å². The lowest BCUT2D eigenvalue weighted by Gasteiger charge is -2.26. The number of carbonyl (C=O) groups is 1. The van der Waals surface area contributed by atoms with Gasteiger partial charge in [-0.05, 0) is 32.4 Å². The molecule has 1 atom stereocenters. The summed E-state index contributed by atoms with van der Waals surface area (Å²) in [6.45, 7) is 5.02. The maximum atomic E-state index is 12.5. The van der Waals surface area contributed by atoms with Gasteiger partial charge in [0.25, 0.3) is 5.91 Å². The highest BCUT2D eigenvalue weighted by molar-refractivity contribution is 5.93. The molecule has 1 fully saturated rings. The molecule has 0 aliphatic carbocycles. The lowest BCUT2D eigenvalue weighted by atomic mass is 10.1. The summed E-state index contributed by atoms with van der Waals surface area (Å²) in [4.78, 5) is 19.3. The van der Waals surface area contributed by atoms with Crippen molar-refractivity contribution in [1.82, 2.24) is 29.5 Å². The third kappa shape index (κ3) is 3.92. The molecule has 0 bridgehead atoms. The number of carbonyl (C=O) groups excluding carboxylic acids is 1. The number of piperidine rings is 1. The van der Waals surface area contributed by atoms with Crippen LogP contribution in [0.15, 0.2) is 24.8 Å².